The molecule has 112 valence electrons. The Morgan fingerprint density at radius 1 is 0.957 bits per heavy atom. The molecule has 0 unspecified atom stereocenters. The van der Waals surface area contributed by atoms with E-state index in [0.717, 1.165) is 16.7 Å². The summed E-state index contributed by atoms with van der Waals surface area (Å²) in [6.45, 7) is 0. The molecule has 3 aromatic rings. The fourth-order valence-corrected chi connectivity index (χ4v) is 2.59. The number of nitrogen functional groups attached to an aromatic ring is 2. The van der Waals surface area contributed by atoms with E-state index >= 15 is 0 Å². The Morgan fingerprint density at radius 2 is 1.70 bits per heavy atom. The second-order valence-electron chi connectivity index (χ2n) is 4.86. The van der Waals surface area contributed by atoms with Crippen molar-refractivity contribution in [1.82, 2.24) is 9.97 Å². The van der Waals surface area contributed by atoms with E-state index in [9.17, 15) is 5.26 Å². The predicted molar refractivity (Wildman–Crippen MR) is 91.5 cm³/mol. The number of rotatable bonds is 2. The molecule has 0 radical (unpaired) electrons. The van der Waals surface area contributed by atoms with Crippen molar-refractivity contribution in [1.29, 1.82) is 5.26 Å². The summed E-state index contributed by atoms with van der Waals surface area (Å²) >= 11 is 6.08. The number of hydrogen-bond acceptors (Lipinski definition) is 5. The first-order valence-electron chi connectivity index (χ1n) is 6.78. The normalized spacial score (nSPS) is 10.3. The summed E-state index contributed by atoms with van der Waals surface area (Å²) in [4.78, 5) is 8.06. The summed E-state index contributed by atoms with van der Waals surface area (Å²) in [7, 11) is 0. The molecule has 0 fully saturated rings. The third-order valence-electron chi connectivity index (χ3n) is 3.38. The number of nitrogens with two attached hydrogens (primary N) is 2. The number of hydrogen-bond donors (Lipinski definition) is 2. The van der Waals surface area contributed by atoms with Crippen LogP contribution in [0, 0.1) is 11.3 Å². The standard InChI is InChI=1S/C17H12ClN5/c18-11-5-3-4-10(8-11)12-6-1-2-7-13(12)15-14(9-19)16(20)23-17(21)22-15/h1-8H,(H4,20,21,22,23). The van der Waals surface area contributed by atoms with E-state index in [1.807, 2.05) is 48.5 Å². The topological polar surface area (TPSA) is 102 Å². The van der Waals surface area contributed by atoms with Gasteiger partial charge in [0.05, 0.1) is 5.69 Å². The van der Waals surface area contributed by atoms with Gasteiger partial charge in [-0.05, 0) is 23.3 Å². The molecule has 0 bridgehead atoms. The zero-order valence-corrected chi connectivity index (χ0v) is 12.7. The minimum atomic E-state index is 0.0254. The van der Waals surface area contributed by atoms with E-state index in [1.165, 1.54) is 0 Å². The monoisotopic (exact) mass is 321 g/mol. The number of halogens is 1. The molecular weight excluding hydrogens is 310 g/mol. The van der Waals surface area contributed by atoms with Crippen molar-refractivity contribution < 1.29 is 0 Å². The maximum absolute atomic E-state index is 9.39. The molecule has 0 saturated carbocycles. The van der Waals surface area contributed by atoms with Crippen LogP contribution in [0.3, 0.4) is 0 Å². The fraction of sp³-hybridized carbons (Fsp3) is 0. The van der Waals surface area contributed by atoms with E-state index in [1.54, 1.807) is 6.07 Å². The summed E-state index contributed by atoms with van der Waals surface area (Å²) in [6.07, 6.45) is 0. The van der Waals surface area contributed by atoms with E-state index in [4.69, 9.17) is 23.1 Å². The number of nitriles is 1. The Hall–Kier alpha value is -3.10. The van der Waals surface area contributed by atoms with E-state index in [0.29, 0.717) is 10.7 Å². The average Bonchev–Trinajstić information content (AvgIpc) is 2.54. The first-order chi connectivity index (χ1) is 11.1. The van der Waals surface area contributed by atoms with Crippen molar-refractivity contribution in [3.8, 4) is 28.5 Å². The lowest BCUT2D eigenvalue weighted by atomic mass is 9.95. The van der Waals surface area contributed by atoms with Crippen LogP contribution in [-0.4, -0.2) is 9.97 Å². The maximum atomic E-state index is 9.39. The zero-order chi connectivity index (χ0) is 16.4. The lowest BCUT2D eigenvalue weighted by Crippen LogP contribution is -2.05. The van der Waals surface area contributed by atoms with Gasteiger partial charge in [-0.3, -0.25) is 0 Å². The Morgan fingerprint density at radius 3 is 2.39 bits per heavy atom. The highest BCUT2D eigenvalue weighted by molar-refractivity contribution is 6.30. The smallest absolute Gasteiger partial charge is 0.222 e. The number of nitrogens with zero attached hydrogens (tertiary/aromatic N) is 3. The van der Waals surface area contributed by atoms with Gasteiger partial charge in [-0.15, -0.1) is 0 Å². The van der Waals surface area contributed by atoms with Crippen molar-refractivity contribution in [2.75, 3.05) is 11.5 Å². The van der Waals surface area contributed by atoms with Gasteiger partial charge < -0.3 is 11.5 Å². The number of anilines is 2. The molecule has 3 rings (SSSR count). The Kier molecular flexibility index (Phi) is 3.83. The number of aromatic nitrogens is 2. The van der Waals surface area contributed by atoms with Gasteiger partial charge >= 0.3 is 0 Å². The van der Waals surface area contributed by atoms with E-state index in [-0.39, 0.29) is 17.3 Å². The molecule has 0 aliphatic heterocycles. The van der Waals surface area contributed by atoms with Gasteiger partial charge in [-0.25, -0.2) is 4.98 Å². The van der Waals surface area contributed by atoms with Crippen LogP contribution in [-0.2, 0) is 0 Å². The van der Waals surface area contributed by atoms with Gasteiger partial charge in [-0.2, -0.15) is 10.2 Å². The molecule has 0 saturated heterocycles. The van der Waals surface area contributed by atoms with Crippen LogP contribution < -0.4 is 11.5 Å². The van der Waals surface area contributed by atoms with Crippen molar-refractivity contribution in [2.45, 2.75) is 0 Å². The van der Waals surface area contributed by atoms with Crippen LogP contribution in [0.2, 0.25) is 5.02 Å². The fourth-order valence-electron chi connectivity index (χ4n) is 2.40. The SMILES string of the molecule is N#Cc1c(N)nc(N)nc1-c1ccccc1-c1cccc(Cl)c1. The molecule has 2 aromatic carbocycles. The van der Waals surface area contributed by atoms with Gasteiger partial charge in [0.25, 0.3) is 0 Å². The number of benzene rings is 2. The highest BCUT2D eigenvalue weighted by atomic mass is 35.5. The third-order valence-corrected chi connectivity index (χ3v) is 3.62. The van der Waals surface area contributed by atoms with Crippen molar-refractivity contribution in [3.05, 3.63) is 59.1 Å². The molecule has 0 aliphatic carbocycles. The highest BCUT2D eigenvalue weighted by Gasteiger charge is 2.16. The molecule has 0 atom stereocenters. The molecule has 6 heteroatoms. The molecule has 5 nitrogen and oxygen atoms in total. The Labute approximate surface area is 138 Å². The molecular formula is C17H12ClN5. The largest absolute Gasteiger partial charge is 0.382 e. The van der Waals surface area contributed by atoms with Gasteiger partial charge in [-0.1, -0.05) is 48.0 Å². The minimum Gasteiger partial charge on any atom is -0.382 e. The third kappa shape index (κ3) is 2.80. The molecule has 1 heterocycles. The van der Waals surface area contributed by atoms with E-state index < -0.39 is 0 Å². The van der Waals surface area contributed by atoms with Crippen LogP contribution in [0.1, 0.15) is 5.56 Å². The molecule has 0 spiro atoms. The zero-order valence-electron chi connectivity index (χ0n) is 12.0. The first-order valence-corrected chi connectivity index (χ1v) is 7.16. The van der Waals surface area contributed by atoms with Crippen LogP contribution in [0.4, 0.5) is 11.8 Å². The summed E-state index contributed by atoms with van der Waals surface area (Å²) in [5.74, 6) is 0.0910. The maximum Gasteiger partial charge on any atom is 0.222 e. The Balaban J connectivity index is 2.30. The first kappa shape index (κ1) is 14.8. The average molecular weight is 322 g/mol. The minimum absolute atomic E-state index is 0.0254. The second-order valence-corrected chi connectivity index (χ2v) is 5.29. The van der Waals surface area contributed by atoms with Crippen LogP contribution in [0.25, 0.3) is 22.4 Å². The molecule has 4 N–H and O–H groups in total. The van der Waals surface area contributed by atoms with Crippen molar-refractivity contribution in [3.63, 3.8) is 0 Å². The molecule has 1 aromatic heterocycles. The molecule has 0 amide bonds. The Bertz CT molecular complexity index is 931. The highest BCUT2D eigenvalue weighted by Crippen LogP contribution is 2.34. The lowest BCUT2D eigenvalue weighted by Gasteiger charge is -2.12. The summed E-state index contributed by atoms with van der Waals surface area (Å²) in [6, 6.07) is 17.0. The lowest BCUT2D eigenvalue weighted by molar-refractivity contribution is 1.18. The quantitative estimate of drug-likeness (QED) is 0.752. The van der Waals surface area contributed by atoms with Crippen molar-refractivity contribution in [2.24, 2.45) is 0 Å². The second kappa shape index (κ2) is 5.95. The van der Waals surface area contributed by atoms with Crippen LogP contribution >= 0.6 is 11.6 Å². The van der Waals surface area contributed by atoms with E-state index in [2.05, 4.69) is 9.97 Å². The summed E-state index contributed by atoms with van der Waals surface area (Å²) in [5.41, 5.74) is 14.7. The predicted octanol–water partition coefficient (Wildman–Crippen LogP) is 3.50. The van der Waals surface area contributed by atoms with Gasteiger partial charge in [0.2, 0.25) is 5.95 Å². The van der Waals surface area contributed by atoms with Crippen LogP contribution in [0.15, 0.2) is 48.5 Å². The molecule has 23 heavy (non-hydrogen) atoms. The summed E-state index contributed by atoms with van der Waals surface area (Å²) < 4.78 is 0. The van der Waals surface area contributed by atoms with Gasteiger partial charge in [0.1, 0.15) is 17.5 Å². The van der Waals surface area contributed by atoms with Gasteiger partial charge in [0.15, 0.2) is 0 Å². The van der Waals surface area contributed by atoms with Crippen molar-refractivity contribution >= 4 is 23.4 Å². The molecule has 0 aliphatic rings. The summed E-state index contributed by atoms with van der Waals surface area (Å²) in [5, 5.41) is 10.0. The van der Waals surface area contributed by atoms with Gasteiger partial charge in [0, 0.05) is 10.6 Å². The van der Waals surface area contributed by atoms with Crippen LogP contribution in [0.5, 0.6) is 0 Å².